The molecule has 0 N–H and O–H groups in total. The first-order chi connectivity index (χ1) is 16.5. The maximum atomic E-state index is 12.3. The first-order valence-electron chi connectivity index (χ1n) is 10.9. The van der Waals surface area contributed by atoms with Crippen molar-refractivity contribution in [1.82, 2.24) is 19.1 Å². The lowest BCUT2D eigenvalue weighted by Crippen LogP contribution is -2.05. The Kier molecular flexibility index (Phi) is 5.47. The Morgan fingerprint density at radius 1 is 0.559 bits per heavy atom. The molecule has 6 heteroatoms. The van der Waals surface area contributed by atoms with E-state index < -0.39 is 0 Å². The number of carbonyl (C=O) groups is 2. The zero-order valence-electron chi connectivity index (χ0n) is 18.8. The molecule has 0 saturated carbocycles. The van der Waals surface area contributed by atoms with Crippen molar-refractivity contribution in [2.75, 3.05) is 0 Å². The zero-order valence-corrected chi connectivity index (χ0v) is 18.8. The quantitative estimate of drug-likeness (QED) is 0.336. The van der Waals surface area contributed by atoms with Crippen LogP contribution in [0.5, 0.6) is 0 Å². The number of hydrogen-bond donors (Lipinski definition) is 0. The van der Waals surface area contributed by atoms with Crippen LogP contribution in [0.1, 0.15) is 23.4 Å². The summed E-state index contributed by atoms with van der Waals surface area (Å²) < 4.78 is 3.13. The average molecular weight is 447 g/mol. The molecule has 0 unspecified atom stereocenters. The molecule has 6 nitrogen and oxygen atoms in total. The van der Waals surface area contributed by atoms with Crippen molar-refractivity contribution in [1.29, 1.82) is 0 Å². The van der Waals surface area contributed by atoms with Crippen molar-refractivity contribution in [2.24, 2.45) is 0 Å². The van der Waals surface area contributed by atoms with Gasteiger partial charge in [-0.1, -0.05) is 78.9 Å². The first-order valence-corrected chi connectivity index (χ1v) is 10.9. The molecular formula is C28H22N4O2. The van der Waals surface area contributed by atoms with Gasteiger partial charge < -0.3 is 0 Å². The van der Waals surface area contributed by atoms with E-state index in [1.165, 1.54) is 13.8 Å². The lowest BCUT2D eigenvalue weighted by molar-refractivity contribution is 0.0929. The van der Waals surface area contributed by atoms with Crippen molar-refractivity contribution in [2.45, 2.75) is 13.8 Å². The van der Waals surface area contributed by atoms with E-state index in [1.54, 1.807) is 21.5 Å². The second-order valence-electron chi connectivity index (χ2n) is 7.99. The number of rotatable bonds is 4. The standard InChI is InChI=1S/C28H22N4O2/c1-19(33)31-17-25(29-27(31)21-10-5-3-6-11-21)23-14-9-15-24(16-23)26-18-32(20(2)34)28(30-26)22-12-7-4-8-13-22/h3-18H,1-2H3. The molecule has 0 bridgehead atoms. The van der Waals surface area contributed by atoms with Crippen molar-refractivity contribution in [3.8, 4) is 45.3 Å². The van der Waals surface area contributed by atoms with Crippen molar-refractivity contribution in [3.05, 3.63) is 97.3 Å². The summed E-state index contributed by atoms with van der Waals surface area (Å²) >= 11 is 0. The van der Waals surface area contributed by atoms with Crippen LogP contribution < -0.4 is 0 Å². The maximum absolute atomic E-state index is 12.3. The van der Waals surface area contributed by atoms with Crippen LogP contribution in [-0.2, 0) is 0 Å². The molecule has 0 atom stereocenters. The Balaban J connectivity index is 1.58. The van der Waals surface area contributed by atoms with Crippen LogP contribution >= 0.6 is 0 Å². The summed E-state index contributed by atoms with van der Waals surface area (Å²) in [6, 6.07) is 27.1. The molecule has 5 rings (SSSR count). The molecule has 0 aliphatic carbocycles. The Morgan fingerprint density at radius 2 is 0.941 bits per heavy atom. The van der Waals surface area contributed by atoms with Gasteiger partial charge in [-0.3, -0.25) is 18.7 Å². The van der Waals surface area contributed by atoms with Gasteiger partial charge in [-0.25, -0.2) is 9.97 Å². The van der Waals surface area contributed by atoms with Gasteiger partial charge in [0.2, 0.25) is 11.8 Å². The number of carbonyl (C=O) groups excluding carboxylic acids is 2. The van der Waals surface area contributed by atoms with E-state index in [-0.39, 0.29) is 11.8 Å². The van der Waals surface area contributed by atoms with Gasteiger partial charge in [0.15, 0.2) is 0 Å². The third-order valence-electron chi connectivity index (χ3n) is 5.61. The van der Waals surface area contributed by atoms with Crippen molar-refractivity contribution >= 4 is 11.8 Å². The number of hydrogen-bond acceptors (Lipinski definition) is 4. The fourth-order valence-electron chi connectivity index (χ4n) is 3.94. The van der Waals surface area contributed by atoms with Crippen LogP contribution in [-0.4, -0.2) is 30.9 Å². The highest BCUT2D eigenvalue weighted by atomic mass is 16.2. The molecule has 0 radical (unpaired) electrons. The lowest BCUT2D eigenvalue weighted by atomic mass is 10.1. The summed E-state index contributed by atoms with van der Waals surface area (Å²) in [5.74, 6) is 0.976. The minimum atomic E-state index is -0.110. The van der Waals surface area contributed by atoms with E-state index in [0.717, 1.165) is 22.3 Å². The average Bonchev–Trinajstić information content (AvgIpc) is 3.51. The SMILES string of the molecule is CC(=O)n1cc(-c2cccc(-c3cn(C(C)=O)c(-c4ccccc4)n3)c2)nc1-c1ccccc1. The fraction of sp³-hybridized carbons (Fsp3) is 0.0714. The normalized spacial score (nSPS) is 10.9. The number of aromatic nitrogens is 4. The molecule has 0 amide bonds. The molecule has 2 aromatic heterocycles. The van der Waals surface area contributed by atoms with Gasteiger partial charge >= 0.3 is 0 Å². The second kappa shape index (κ2) is 8.75. The van der Waals surface area contributed by atoms with E-state index >= 15 is 0 Å². The van der Waals surface area contributed by atoms with Gasteiger partial charge in [-0.2, -0.15) is 0 Å². The summed E-state index contributed by atoms with van der Waals surface area (Å²) in [4.78, 5) is 34.1. The topological polar surface area (TPSA) is 69.8 Å². The molecule has 166 valence electrons. The van der Waals surface area contributed by atoms with Crippen LogP contribution in [0.25, 0.3) is 45.3 Å². The molecule has 0 aliphatic rings. The molecule has 0 aliphatic heterocycles. The smallest absolute Gasteiger partial charge is 0.229 e. The summed E-state index contributed by atoms with van der Waals surface area (Å²) in [7, 11) is 0. The minimum absolute atomic E-state index is 0.110. The van der Waals surface area contributed by atoms with Crippen LogP contribution in [0.15, 0.2) is 97.3 Å². The molecule has 5 aromatic rings. The van der Waals surface area contributed by atoms with Crippen LogP contribution in [0.3, 0.4) is 0 Å². The van der Waals surface area contributed by atoms with E-state index in [0.29, 0.717) is 23.0 Å². The summed E-state index contributed by atoms with van der Waals surface area (Å²) in [5, 5.41) is 0. The molecule has 0 fully saturated rings. The van der Waals surface area contributed by atoms with Crippen LogP contribution in [0.2, 0.25) is 0 Å². The van der Waals surface area contributed by atoms with Gasteiger partial charge in [-0.05, 0) is 6.07 Å². The van der Waals surface area contributed by atoms with Crippen LogP contribution in [0.4, 0.5) is 0 Å². The van der Waals surface area contributed by atoms with Gasteiger partial charge in [0.25, 0.3) is 0 Å². The number of imidazole rings is 2. The zero-order chi connectivity index (χ0) is 23.7. The third-order valence-corrected chi connectivity index (χ3v) is 5.61. The third kappa shape index (κ3) is 3.97. The van der Waals surface area contributed by atoms with Gasteiger partial charge in [0.1, 0.15) is 11.6 Å². The van der Waals surface area contributed by atoms with Gasteiger partial charge in [0, 0.05) is 48.5 Å². The van der Waals surface area contributed by atoms with E-state index in [4.69, 9.17) is 9.97 Å². The highest BCUT2D eigenvalue weighted by molar-refractivity contribution is 5.85. The molecule has 0 spiro atoms. The maximum Gasteiger partial charge on any atom is 0.229 e. The Hall–Kier alpha value is -4.58. The van der Waals surface area contributed by atoms with E-state index in [2.05, 4.69) is 0 Å². The van der Waals surface area contributed by atoms with E-state index in [1.807, 2.05) is 84.9 Å². The van der Waals surface area contributed by atoms with E-state index in [9.17, 15) is 9.59 Å². The Morgan fingerprint density at radius 3 is 1.32 bits per heavy atom. The van der Waals surface area contributed by atoms with Gasteiger partial charge in [-0.15, -0.1) is 0 Å². The second-order valence-corrected chi connectivity index (χ2v) is 7.99. The number of nitrogens with zero attached hydrogens (tertiary/aromatic N) is 4. The van der Waals surface area contributed by atoms with Crippen molar-refractivity contribution < 1.29 is 9.59 Å². The first kappa shape index (κ1) is 21.3. The van der Waals surface area contributed by atoms with Crippen LogP contribution in [0, 0.1) is 0 Å². The lowest BCUT2D eigenvalue weighted by Gasteiger charge is -2.02. The predicted octanol–water partition coefficient (Wildman–Crippen LogP) is 6.07. The van der Waals surface area contributed by atoms with Gasteiger partial charge in [0.05, 0.1) is 11.4 Å². The minimum Gasteiger partial charge on any atom is -0.274 e. The summed E-state index contributed by atoms with van der Waals surface area (Å²) in [6.45, 7) is 3.04. The highest BCUT2D eigenvalue weighted by Crippen LogP contribution is 2.30. The predicted molar refractivity (Wildman–Crippen MR) is 132 cm³/mol. The molecule has 2 heterocycles. The highest BCUT2D eigenvalue weighted by Gasteiger charge is 2.17. The molecule has 34 heavy (non-hydrogen) atoms. The molecule has 0 saturated heterocycles. The molecule has 3 aromatic carbocycles. The fourth-order valence-corrected chi connectivity index (χ4v) is 3.94. The largest absolute Gasteiger partial charge is 0.274 e. The Bertz CT molecular complexity index is 1390. The van der Waals surface area contributed by atoms with Crippen molar-refractivity contribution in [3.63, 3.8) is 0 Å². The Labute approximate surface area is 197 Å². The summed E-state index contributed by atoms with van der Waals surface area (Å²) in [6.07, 6.45) is 3.51. The summed E-state index contributed by atoms with van der Waals surface area (Å²) in [5.41, 5.74) is 4.82. The molecular weight excluding hydrogens is 424 g/mol. The monoisotopic (exact) mass is 446 g/mol. The number of benzene rings is 3.